The van der Waals surface area contributed by atoms with Gasteiger partial charge in [0, 0.05) is 24.2 Å². The van der Waals surface area contributed by atoms with Crippen LogP contribution in [0.4, 0.5) is 8.78 Å². The van der Waals surface area contributed by atoms with Crippen molar-refractivity contribution in [2.75, 3.05) is 0 Å². The molecular weight excluding hydrogens is 260 g/mol. The molecule has 18 heavy (non-hydrogen) atoms. The molecule has 0 saturated carbocycles. The first kappa shape index (κ1) is 11.1. The monoisotopic (exact) mass is 265 g/mol. The van der Waals surface area contributed by atoms with Gasteiger partial charge in [0.1, 0.15) is 5.65 Å². The Morgan fingerprint density at radius 3 is 2.83 bits per heavy atom. The third-order valence-electron chi connectivity index (χ3n) is 2.56. The lowest BCUT2D eigenvalue weighted by molar-refractivity contribution is 0.480. The van der Waals surface area contributed by atoms with E-state index in [9.17, 15) is 8.78 Å². The van der Waals surface area contributed by atoms with E-state index in [0.29, 0.717) is 11.2 Å². The standard InChI is InChI=1S/C12H6ClF2N3/c13-8-6-9(14)12(15)17-11(8)7-1-3-18-4-2-16-10(18)5-7/h1-6H. The van der Waals surface area contributed by atoms with Crippen molar-refractivity contribution in [3.63, 3.8) is 0 Å². The van der Waals surface area contributed by atoms with E-state index in [-0.39, 0.29) is 10.7 Å². The SMILES string of the molecule is Fc1cc(Cl)c(-c2ccn3ccnc3c2)nc1F. The van der Waals surface area contributed by atoms with Crippen LogP contribution >= 0.6 is 11.6 Å². The molecule has 90 valence electrons. The molecule has 0 unspecified atom stereocenters. The molecule has 0 bridgehead atoms. The second kappa shape index (κ2) is 4.03. The van der Waals surface area contributed by atoms with Crippen LogP contribution in [-0.4, -0.2) is 14.4 Å². The summed E-state index contributed by atoms with van der Waals surface area (Å²) in [5.41, 5.74) is 1.45. The van der Waals surface area contributed by atoms with Crippen molar-refractivity contribution in [3.05, 3.63) is 53.6 Å². The van der Waals surface area contributed by atoms with E-state index in [1.54, 1.807) is 35.1 Å². The summed E-state index contributed by atoms with van der Waals surface area (Å²) in [5.74, 6) is -2.23. The Hall–Kier alpha value is -2.01. The molecule has 0 aromatic carbocycles. The average molecular weight is 266 g/mol. The van der Waals surface area contributed by atoms with Crippen molar-refractivity contribution < 1.29 is 8.78 Å². The molecule has 3 rings (SSSR count). The maximum atomic E-state index is 13.1. The Morgan fingerprint density at radius 1 is 1.17 bits per heavy atom. The summed E-state index contributed by atoms with van der Waals surface area (Å²) in [6, 6.07) is 4.32. The van der Waals surface area contributed by atoms with Crippen LogP contribution < -0.4 is 0 Å². The number of fused-ring (bicyclic) bond motifs is 1. The third kappa shape index (κ3) is 1.73. The highest BCUT2D eigenvalue weighted by atomic mass is 35.5. The summed E-state index contributed by atoms with van der Waals surface area (Å²) in [4.78, 5) is 7.62. The predicted octanol–water partition coefficient (Wildman–Crippen LogP) is 3.33. The molecule has 0 fully saturated rings. The van der Waals surface area contributed by atoms with Crippen LogP contribution in [0.25, 0.3) is 16.9 Å². The van der Waals surface area contributed by atoms with E-state index >= 15 is 0 Å². The van der Waals surface area contributed by atoms with Crippen LogP contribution in [0.15, 0.2) is 36.8 Å². The smallest absolute Gasteiger partial charge is 0.249 e. The molecule has 0 saturated heterocycles. The second-order valence-electron chi connectivity index (χ2n) is 3.70. The van der Waals surface area contributed by atoms with E-state index in [2.05, 4.69) is 9.97 Å². The number of hydrogen-bond acceptors (Lipinski definition) is 2. The van der Waals surface area contributed by atoms with Crippen molar-refractivity contribution >= 4 is 17.2 Å². The highest BCUT2D eigenvalue weighted by molar-refractivity contribution is 6.33. The fourth-order valence-electron chi connectivity index (χ4n) is 1.70. The molecule has 3 aromatic rings. The zero-order valence-corrected chi connectivity index (χ0v) is 9.70. The first-order valence-electron chi connectivity index (χ1n) is 5.10. The molecule has 0 N–H and O–H groups in total. The molecule has 0 spiro atoms. The van der Waals surface area contributed by atoms with Gasteiger partial charge >= 0.3 is 0 Å². The zero-order chi connectivity index (χ0) is 12.7. The third-order valence-corrected chi connectivity index (χ3v) is 2.85. The maximum absolute atomic E-state index is 13.1. The van der Waals surface area contributed by atoms with Crippen molar-refractivity contribution in [1.29, 1.82) is 0 Å². The zero-order valence-electron chi connectivity index (χ0n) is 8.94. The van der Waals surface area contributed by atoms with Gasteiger partial charge in [0.25, 0.3) is 0 Å². The molecule has 3 heterocycles. The first-order valence-corrected chi connectivity index (χ1v) is 5.47. The van der Waals surface area contributed by atoms with Crippen molar-refractivity contribution in [2.45, 2.75) is 0 Å². The van der Waals surface area contributed by atoms with Crippen molar-refractivity contribution in [3.8, 4) is 11.3 Å². The molecule has 0 aliphatic carbocycles. The topological polar surface area (TPSA) is 30.2 Å². The Bertz CT molecular complexity index is 739. The second-order valence-corrected chi connectivity index (χ2v) is 4.11. The van der Waals surface area contributed by atoms with Gasteiger partial charge in [-0.1, -0.05) is 11.6 Å². The number of aromatic nitrogens is 3. The quantitative estimate of drug-likeness (QED) is 0.632. The highest BCUT2D eigenvalue weighted by Crippen LogP contribution is 2.27. The molecule has 3 aromatic heterocycles. The van der Waals surface area contributed by atoms with Gasteiger partial charge in [0.2, 0.25) is 5.95 Å². The van der Waals surface area contributed by atoms with Crippen molar-refractivity contribution in [1.82, 2.24) is 14.4 Å². The van der Waals surface area contributed by atoms with Gasteiger partial charge in [0.05, 0.1) is 10.7 Å². The number of rotatable bonds is 1. The lowest BCUT2D eigenvalue weighted by atomic mass is 10.2. The minimum Gasteiger partial charge on any atom is -0.307 e. The number of hydrogen-bond donors (Lipinski definition) is 0. The molecule has 6 heteroatoms. The maximum Gasteiger partial charge on any atom is 0.249 e. The number of halogens is 3. The van der Waals surface area contributed by atoms with Gasteiger partial charge in [-0.25, -0.2) is 14.4 Å². The Balaban J connectivity index is 2.21. The van der Waals surface area contributed by atoms with Gasteiger partial charge in [-0.15, -0.1) is 0 Å². The van der Waals surface area contributed by atoms with Crippen LogP contribution in [0, 0.1) is 11.8 Å². The normalized spacial score (nSPS) is 11.1. The molecule has 0 amide bonds. The Kier molecular flexibility index (Phi) is 2.48. The molecule has 0 radical (unpaired) electrons. The van der Waals surface area contributed by atoms with Crippen LogP contribution in [0.1, 0.15) is 0 Å². The summed E-state index contributed by atoms with van der Waals surface area (Å²) in [7, 11) is 0. The van der Waals surface area contributed by atoms with Gasteiger partial charge in [0.15, 0.2) is 5.82 Å². The first-order chi connectivity index (χ1) is 8.65. The van der Waals surface area contributed by atoms with E-state index < -0.39 is 11.8 Å². The highest BCUT2D eigenvalue weighted by Gasteiger charge is 2.12. The summed E-state index contributed by atoms with van der Waals surface area (Å²) in [5, 5.41) is 0.0600. The fourth-order valence-corrected chi connectivity index (χ4v) is 1.95. The van der Waals surface area contributed by atoms with Gasteiger partial charge in [-0.05, 0) is 18.2 Å². The summed E-state index contributed by atoms with van der Waals surface area (Å²) >= 11 is 5.86. The molecule has 0 aliphatic heterocycles. The molecule has 3 nitrogen and oxygen atoms in total. The summed E-state index contributed by atoms with van der Waals surface area (Å²) in [6.45, 7) is 0. The van der Waals surface area contributed by atoms with E-state index in [0.717, 1.165) is 6.07 Å². The summed E-state index contributed by atoms with van der Waals surface area (Å²) in [6.07, 6.45) is 5.16. The van der Waals surface area contributed by atoms with Gasteiger partial charge in [-0.2, -0.15) is 4.39 Å². The number of pyridine rings is 2. The molecule has 0 atom stereocenters. The Labute approximate surface area is 106 Å². The predicted molar refractivity (Wildman–Crippen MR) is 63.3 cm³/mol. The Morgan fingerprint density at radius 2 is 2.00 bits per heavy atom. The van der Waals surface area contributed by atoms with E-state index in [4.69, 9.17) is 11.6 Å². The number of nitrogens with zero attached hydrogens (tertiary/aromatic N) is 3. The minimum absolute atomic E-state index is 0.0600. The summed E-state index contributed by atoms with van der Waals surface area (Å²) < 4.78 is 27.9. The van der Waals surface area contributed by atoms with Crippen LogP contribution in [0.2, 0.25) is 5.02 Å². The van der Waals surface area contributed by atoms with Gasteiger partial charge in [-0.3, -0.25) is 0 Å². The van der Waals surface area contributed by atoms with E-state index in [1.807, 2.05) is 0 Å². The number of imidazole rings is 1. The molecular formula is C12H6ClF2N3. The lowest BCUT2D eigenvalue weighted by Crippen LogP contribution is -1.95. The minimum atomic E-state index is -1.17. The fraction of sp³-hybridized carbons (Fsp3) is 0. The average Bonchev–Trinajstić information content (AvgIpc) is 2.80. The van der Waals surface area contributed by atoms with Gasteiger partial charge < -0.3 is 4.40 Å². The lowest BCUT2D eigenvalue weighted by Gasteiger charge is -2.05. The van der Waals surface area contributed by atoms with Crippen LogP contribution in [0.5, 0.6) is 0 Å². The van der Waals surface area contributed by atoms with E-state index in [1.165, 1.54) is 0 Å². The molecule has 0 aliphatic rings. The largest absolute Gasteiger partial charge is 0.307 e. The van der Waals surface area contributed by atoms with Crippen molar-refractivity contribution in [2.24, 2.45) is 0 Å². The van der Waals surface area contributed by atoms with Crippen LogP contribution in [0.3, 0.4) is 0 Å². The van der Waals surface area contributed by atoms with Crippen LogP contribution in [-0.2, 0) is 0 Å².